The summed E-state index contributed by atoms with van der Waals surface area (Å²) in [5, 5.41) is 0. The summed E-state index contributed by atoms with van der Waals surface area (Å²) in [6.45, 7) is 12.7. The predicted molar refractivity (Wildman–Crippen MR) is 185 cm³/mol. The number of carbonyl (C=O) groups is 2. The monoisotopic (exact) mass is 602 g/mol. The first-order chi connectivity index (χ1) is 21.8. The molecule has 4 heteroatoms. The van der Waals surface area contributed by atoms with E-state index in [1.165, 1.54) is 64.6 Å². The molecular formula is C41H46O4. The molecule has 0 heterocycles. The predicted octanol–water partition coefficient (Wildman–Crippen LogP) is 9.74. The van der Waals surface area contributed by atoms with Crippen molar-refractivity contribution in [3.05, 3.63) is 119 Å². The minimum absolute atomic E-state index is 0.137. The summed E-state index contributed by atoms with van der Waals surface area (Å²) < 4.78 is 10.3. The highest BCUT2D eigenvalue weighted by atomic mass is 16.5. The zero-order valence-electron chi connectivity index (χ0n) is 27.2. The molecule has 0 saturated carbocycles. The maximum atomic E-state index is 11.8. The van der Waals surface area contributed by atoms with Crippen molar-refractivity contribution in [2.24, 2.45) is 5.92 Å². The number of ether oxygens (including phenoxy) is 2. The van der Waals surface area contributed by atoms with Crippen molar-refractivity contribution in [2.45, 2.75) is 66.2 Å². The summed E-state index contributed by atoms with van der Waals surface area (Å²) in [4.78, 5) is 22.6. The Morgan fingerprint density at radius 1 is 0.778 bits per heavy atom. The molecule has 0 N–H and O–H groups in total. The second kappa shape index (κ2) is 16.6. The number of unbranched alkanes of at least 4 members (excludes halogenated alkanes) is 2. The van der Waals surface area contributed by atoms with E-state index in [9.17, 15) is 9.59 Å². The first kappa shape index (κ1) is 33.5. The number of aryl methyl sites for hydroxylation is 3. The molecule has 0 spiro atoms. The molecule has 0 aliphatic heterocycles. The molecule has 0 aliphatic carbocycles. The maximum absolute atomic E-state index is 11.8. The van der Waals surface area contributed by atoms with Gasteiger partial charge in [-0.15, -0.1) is 0 Å². The van der Waals surface area contributed by atoms with Gasteiger partial charge in [0, 0.05) is 11.5 Å². The van der Waals surface area contributed by atoms with Crippen molar-refractivity contribution in [3.8, 4) is 33.4 Å². The molecule has 1 unspecified atom stereocenters. The van der Waals surface area contributed by atoms with Gasteiger partial charge in [-0.25, -0.2) is 4.79 Å². The standard InChI is InChI=1S/C41H46O4/c1-6-8-9-10-34-19-20-39(25-33(34)7-2)40-22-21-38(23-30(40)5)37-17-15-36(16-18-37)35-13-11-31(12-14-35)24-32(26-44-28-42)27-45-41(43)29(3)4/h11-23,25,28,32H,3,6-10,24,26-27H2,1-2,4-5H3. The van der Waals surface area contributed by atoms with Crippen LogP contribution in [-0.2, 0) is 38.3 Å². The Labute approximate surface area is 269 Å². The lowest BCUT2D eigenvalue weighted by molar-refractivity contribution is -0.141. The van der Waals surface area contributed by atoms with Crippen LogP contribution < -0.4 is 0 Å². The average molecular weight is 603 g/mol. The maximum Gasteiger partial charge on any atom is 0.333 e. The second-order valence-electron chi connectivity index (χ2n) is 12.0. The van der Waals surface area contributed by atoms with Crippen LogP contribution in [0.1, 0.15) is 62.3 Å². The summed E-state index contributed by atoms with van der Waals surface area (Å²) in [5.74, 6) is -0.577. The van der Waals surface area contributed by atoms with Crippen molar-refractivity contribution in [3.63, 3.8) is 0 Å². The fraction of sp³-hybridized carbons (Fsp3) is 0.317. The molecule has 1 atom stereocenters. The zero-order valence-corrected chi connectivity index (χ0v) is 27.2. The van der Waals surface area contributed by atoms with E-state index in [-0.39, 0.29) is 19.1 Å². The molecule has 0 saturated heterocycles. The molecule has 4 rings (SSSR count). The number of esters is 1. The van der Waals surface area contributed by atoms with E-state index in [2.05, 4.69) is 112 Å². The highest BCUT2D eigenvalue weighted by Gasteiger charge is 2.15. The van der Waals surface area contributed by atoms with Crippen molar-refractivity contribution in [1.29, 1.82) is 0 Å². The van der Waals surface area contributed by atoms with E-state index in [1.54, 1.807) is 6.92 Å². The first-order valence-electron chi connectivity index (χ1n) is 16.1. The van der Waals surface area contributed by atoms with E-state index < -0.39 is 5.97 Å². The average Bonchev–Trinajstić information content (AvgIpc) is 3.06. The molecule has 0 bridgehead atoms. The minimum Gasteiger partial charge on any atom is -0.467 e. The fourth-order valence-corrected chi connectivity index (χ4v) is 5.78. The third-order valence-corrected chi connectivity index (χ3v) is 8.40. The first-order valence-corrected chi connectivity index (χ1v) is 16.1. The molecule has 4 aromatic carbocycles. The van der Waals surface area contributed by atoms with Crippen LogP contribution in [0.25, 0.3) is 33.4 Å². The Balaban J connectivity index is 1.43. The van der Waals surface area contributed by atoms with E-state index in [0.29, 0.717) is 18.5 Å². The molecule has 0 radical (unpaired) electrons. The van der Waals surface area contributed by atoms with E-state index >= 15 is 0 Å². The molecule has 234 valence electrons. The molecule has 0 fully saturated rings. The lowest BCUT2D eigenvalue weighted by Gasteiger charge is -2.16. The summed E-state index contributed by atoms with van der Waals surface area (Å²) in [5.41, 5.74) is 12.9. The van der Waals surface area contributed by atoms with Crippen LogP contribution in [0, 0.1) is 12.8 Å². The largest absolute Gasteiger partial charge is 0.467 e. The smallest absolute Gasteiger partial charge is 0.333 e. The Kier molecular flexibility index (Phi) is 12.3. The SMILES string of the molecule is C=C(C)C(=O)OCC(COC=O)Cc1ccc(-c2ccc(-c3ccc(-c4ccc(CCCCC)c(CC)c4)c(C)c3)cc2)cc1. The summed E-state index contributed by atoms with van der Waals surface area (Å²) in [6, 6.07) is 30.8. The molecule has 0 aromatic heterocycles. The van der Waals surface area contributed by atoms with Crippen molar-refractivity contribution < 1.29 is 19.1 Å². The number of benzene rings is 4. The van der Waals surface area contributed by atoms with Crippen LogP contribution in [0.5, 0.6) is 0 Å². The van der Waals surface area contributed by atoms with Gasteiger partial charge in [-0.1, -0.05) is 118 Å². The molecule has 45 heavy (non-hydrogen) atoms. The van der Waals surface area contributed by atoms with E-state index in [4.69, 9.17) is 9.47 Å². The number of hydrogen-bond donors (Lipinski definition) is 0. The van der Waals surface area contributed by atoms with E-state index in [1.807, 2.05) is 0 Å². The van der Waals surface area contributed by atoms with Crippen LogP contribution in [0.3, 0.4) is 0 Å². The van der Waals surface area contributed by atoms with Crippen molar-refractivity contribution >= 4 is 12.4 Å². The quantitative estimate of drug-likeness (QED) is 0.0554. The second-order valence-corrected chi connectivity index (χ2v) is 12.0. The van der Waals surface area contributed by atoms with E-state index in [0.717, 1.165) is 23.1 Å². The van der Waals surface area contributed by atoms with Gasteiger partial charge in [-0.2, -0.15) is 0 Å². The summed E-state index contributed by atoms with van der Waals surface area (Å²) in [6.07, 6.45) is 6.65. The Hall–Kier alpha value is -4.44. The van der Waals surface area contributed by atoms with Gasteiger partial charge in [0.2, 0.25) is 0 Å². The molecular weight excluding hydrogens is 556 g/mol. The van der Waals surface area contributed by atoms with Gasteiger partial charge in [0.15, 0.2) is 0 Å². The van der Waals surface area contributed by atoms with Gasteiger partial charge in [0.1, 0.15) is 0 Å². The molecule has 0 amide bonds. The zero-order chi connectivity index (χ0) is 32.2. The summed E-state index contributed by atoms with van der Waals surface area (Å²) in [7, 11) is 0. The third kappa shape index (κ3) is 9.28. The van der Waals surface area contributed by atoms with Gasteiger partial charge in [-0.05, 0) is 95.2 Å². The third-order valence-electron chi connectivity index (χ3n) is 8.40. The number of rotatable bonds is 16. The van der Waals surface area contributed by atoms with Gasteiger partial charge < -0.3 is 9.47 Å². The molecule has 4 nitrogen and oxygen atoms in total. The van der Waals surface area contributed by atoms with Crippen molar-refractivity contribution in [1.82, 2.24) is 0 Å². The number of carbonyl (C=O) groups excluding carboxylic acids is 2. The summed E-state index contributed by atoms with van der Waals surface area (Å²) >= 11 is 0. The lowest BCUT2D eigenvalue weighted by atomic mass is 9.91. The highest BCUT2D eigenvalue weighted by molar-refractivity contribution is 5.86. The van der Waals surface area contributed by atoms with Crippen LogP contribution in [0.2, 0.25) is 0 Å². The van der Waals surface area contributed by atoms with Gasteiger partial charge in [0.25, 0.3) is 6.47 Å². The van der Waals surface area contributed by atoms with Crippen LogP contribution in [0.15, 0.2) is 97.1 Å². The van der Waals surface area contributed by atoms with Crippen LogP contribution in [-0.4, -0.2) is 25.7 Å². The topological polar surface area (TPSA) is 52.6 Å². The van der Waals surface area contributed by atoms with Crippen LogP contribution >= 0.6 is 0 Å². The van der Waals surface area contributed by atoms with Gasteiger partial charge in [-0.3, -0.25) is 4.79 Å². The Bertz CT molecular complexity index is 1580. The molecule has 4 aromatic rings. The number of hydrogen-bond acceptors (Lipinski definition) is 4. The minimum atomic E-state index is -0.440. The Morgan fingerprint density at radius 2 is 1.40 bits per heavy atom. The highest BCUT2D eigenvalue weighted by Crippen LogP contribution is 2.32. The van der Waals surface area contributed by atoms with Crippen LogP contribution in [0.4, 0.5) is 0 Å². The lowest BCUT2D eigenvalue weighted by Crippen LogP contribution is -2.21. The fourth-order valence-electron chi connectivity index (χ4n) is 5.78. The van der Waals surface area contributed by atoms with Crippen molar-refractivity contribution in [2.75, 3.05) is 13.2 Å². The normalized spacial score (nSPS) is 11.6. The Morgan fingerprint density at radius 3 is 2.00 bits per heavy atom. The molecule has 0 aliphatic rings. The van der Waals surface area contributed by atoms with Gasteiger partial charge in [0.05, 0.1) is 13.2 Å². The van der Waals surface area contributed by atoms with Gasteiger partial charge >= 0.3 is 5.97 Å².